The van der Waals surface area contributed by atoms with Gasteiger partial charge in [-0.2, -0.15) is 0 Å². The van der Waals surface area contributed by atoms with Gasteiger partial charge in [-0.1, -0.05) is 42.5 Å². The molecule has 2 atom stereocenters. The van der Waals surface area contributed by atoms with E-state index in [1.165, 1.54) is 11.1 Å². The van der Waals surface area contributed by atoms with E-state index in [1.807, 2.05) is 0 Å². The van der Waals surface area contributed by atoms with E-state index < -0.39 is 18.4 Å². The van der Waals surface area contributed by atoms with Gasteiger partial charge in [0.2, 0.25) is 6.29 Å². The first-order valence-corrected chi connectivity index (χ1v) is 10.8. The molecule has 2 rings (SSSR count). The molecule has 1 N–H and O–H groups in total. The van der Waals surface area contributed by atoms with E-state index in [2.05, 4.69) is 47.8 Å². The number of ether oxygens (including phenoxy) is 3. The van der Waals surface area contributed by atoms with E-state index in [0.717, 1.165) is 18.4 Å². The van der Waals surface area contributed by atoms with Gasteiger partial charge in [-0.05, 0) is 56.2 Å². The van der Waals surface area contributed by atoms with Crippen molar-refractivity contribution in [2.45, 2.75) is 58.3 Å². The van der Waals surface area contributed by atoms with Gasteiger partial charge in [0.05, 0.1) is 6.61 Å². The quantitative estimate of drug-likeness (QED) is 0.270. The Bertz CT molecular complexity index is 762. The van der Waals surface area contributed by atoms with Crippen LogP contribution in [0.1, 0.15) is 50.7 Å². The van der Waals surface area contributed by atoms with Crippen molar-refractivity contribution >= 4 is 17.7 Å². The zero-order valence-electron chi connectivity index (χ0n) is 19.3. The molecular formula is C24H32KNO6. The summed E-state index contributed by atoms with van der Waals surface area (Å²) in [5.74, 6) is -0.867. The SMILES string of the molecule is CCOC(=O)OC(C)OCC[C@@H](Cc1ccc(C2=CCCC=C2)cc1)[N-]CCC(=O)O.[K+]. The van der Waals surface area contributed by atoms with E-state index in [0.29, 0.717) is 19.4 Å². The van der Waals surface area contributed by atoms with E-state index >= 15 is 0 Å². The van der Waals surface area contributed by atoms with Crippen LogP contribution in [0.15, 0.2) is 42.5 Å². The molecule has 1 aliphatic carbocycles. The first-order chi connectivity index (χ1) is 15.0. The Morgan fingerprint density at radius 3 is 2.56 bits per heavy atom. The summed E-state index contributed by atoms with van der Waals surface area (Å²) in [4.78, 5) is 22.2. The maximum absolute atomic E-state index is 11.3. The fraction of sp³-hybridized carbons (Fsp3) is 0.500. The molecule has 0 fully saturated rings. The summed E-state index contributed by atoms with van der Waals surface area (Å²) in [6, 6.07) is 8.30. The molecule has 1 aliphatic rings. The summed E-state index contributed by atoms with van der Waals surface area (Å²) < 4.78 is 15.2. The molecule has 0 aromatic heterocycles. The van der Waals surface area contributed by atoms with Crippen molar-refractivity contribution in [2.75, 3.05) is 19.8 Å². The van der Waals surface area contributed by atoms with Gasteiger partial charge >= 0.3 is 63.5 Å². The average molecular weight is 470 g/mol. The molecule has 8 heteroatoms. The molecule has 0 aliphatic heterocycles. The summed E-state index contributed by atoms with van der Waals surface area (Å²) >= 11 is 0. The monoisotopic (exact) mass is 469 g/mol. The summed E-state index contributed by atoms with van der Waals surface area (Å²) in [5.41, 5.74) is 3.56. The molecule has 1 aromatic rings. The molecule has 0 saturated heterocycles. The van der Waals surface area contributed by atoms with Gasteiger partial charge in [0, 0.05) is 13.0 Å². The van der Waals surface area contributed by atoms with Gasteiger partial charge in [-0.3, -0.25) is 4.79 Å². The van der Waals surface area contributed by atoms with Crippen LogP contribution in [0.4, 0.5) is 4.79 Å². The molecule has 170 valence electrons. The zero-order valence-corrected chi connectivity index (χ0v) is 22.4. The van der Waals surface area contributed by atoms with Crippen LogP contribution in [-0.4, -0.2) is 49.3 Å². The summed E-state index contributed by atoms with van der Waals surface area (Å²) in [7, 11) is 0. The Balaban J connectivity index is 0.00000512. The second-order valence-electron chi connectivity index (χ2n) is 7.27. The van der Waals surface area contributed by atoms with Crippen molar-refractivity contribution in [3.8, 4) is 0 Å². The van der Waals surface area contributed by atoms with Gasteiger partial charge in [-0.15, -0.1) is 12.6 Å². The number of carboxylic acid groups (broad SMARTS) is 1. The molecule has 0 bridgehead atoms. The Morgan fingerprint density at radius 2 is 1.94 bits per heavy atom. The molecule has 0 radical (unpaired) electrons. The standard InChI is InChI=1S/C24H32NO6.K/c1-3-29-24(28)31-18(2)30-16-14-22(25-15-13-23(26)27)17-19-9-11-21(12-10-19)20-7-5-4-6-8-20;/h5,7-12,18,22H,3-4,6,13-17H2,1-2H3,(H,26,27);/q-1;+1/t18?,22-;/m0./s1. The minimum atomic E-state index is -0.867. The van der Waals surface area contributed by atoms with Crippen LogP contribution in [0.25, 0.3) is 10.9 Å². The van der Waals surface area contributed by atoms with Gasteiger partial charge in [-0.25, -0.2) is 4.79 Å². The number of carbonyl (C=O) groups excluding carboxylic acids is 1. The van der Waals surface area contributed by atoms with Crippen LogP contribution in [0.3, 0.4) is 0 Å². The Labute approximate surface area is 233 Å². The Hall–Kier alpha value is -1.00. The number of hydrogen-bond acceptors (Lipinski definition) is 5. The van der Waals surface area contributed by atoms with Crippen molar-refractivity contribution in [3.05, 3.63) is 58.9 Å². The van der Waals surface area contributed by atoms with Crippen molar-refractivity contribution in [1.82, 2.24) is 0 Å². The smallest absolute Gasteiger partial charge is 0.659 e. The molecule has 0 saturated carbocycles. The number of aliphatic carboxylic acids is 1. The van der Waals surface area contributed by atoms with E-state index in [-0.39, 0.29) is 77.0 Å². The third-order valence-electron chi connectivity index (χ3n) is 4.79. The predicted octanol–water partition coefficient (Wildman–Crippen LogP) is 2.11. The molecule has 0 amide bonds. The number of rotatable bonds is 13. The second kappa shape index (κ2) is 16.6. The zero-order chi connectivity index (χ0) is 22.5. The molecule has 1 aromatic carbocycles. The first kappa shape index (κ1) is 29.0. The topological polar surface area (TPSA) is 96.2 Å². The number of carbonyl (C=O) groups is 2. The summed E-state index contributed by atoms with van der Waals surface area (Å²) in [6.45, 7) is 4.15. The third-order valence-corrected chi connectivity index (χ3v) is 4.79. The van der Waals surface area contributed by atoms with Gasteiger partial charge in [0.15, 0.2) is 0 Å². The molecule has 7 nitrogen and oxygen atoms in total. The summed E-state index contributed by atoms with van der Waals surface area (Å²) in [5, 5.41) is 13.4. The number of allylic oxidation sites excluding steroid dienone is 4. The van der Waals surface area contributed by atoms with Gasteiger partial charge in [0.25, 0.3) is 0 Å². The molecular weight excluding hydrogens is 437 g/mol. The van der Waals surface area contributed by atoms with Crippen LogP contribution in [0, 0.1) is 0 Å². The minimum absolute atomic E-state index is 0. The maximum Gasteiger partial charge on any atom is 1.00 e. The number of carboxylic acids is 1. The predicted molar refractivity (Wildman–Crippen MR) is 119 cm³/mol. The number of hydrogen-bond donors (Lipinski definition) is 1. The van der Waals surface area contributed by atoms with Crippen LogP contribution >= 0.6 is 0 Å². The van der Waals surface area contributed by atoms with Crippen LogP contribution in [0.5, 0.6) is 0 Å². The third kappa shape index (κ3) is 11.7. The fourth-order valence-corrected chi connectivity index (χ4v) is 3.22. The molecule has 0 heterocycles. The van der Waals surface area contributed by atoms with E-state index in [1.54, 1.807) is 13.8 Å². The van der Waals surface area contributed by atoms with Crippen molar-refractivity contribution in [3.63, 3.8) is 0 Å². The molecule has 0 spiro atoms. The van der Waals surface area contributed by atoms with E-state index in [4.69, 9.17) is 19.3 Å². The van der Waals surface area contributed by atoms with Crippen LogP contribution in [-0.2, 0) is 25.4 Å². The van der Waals surface area contributed by atoms with Crippen LogP contribution < -0.4 is 51.4 Å². The van der Waals surface area contributed by atoms with Gasteiger partial charge in [0.1, 0.15) is 0 Å². The fourth-order valence-electron chi connectivity index (χ4n) is 3.22. The average Bonchev–Trinajstić information content (AvgIpc) is 2.74. The number of nitrogens with zero attached hydrogens (tertiary/aromatic N) is 1. The minimum Gasteiger partial charge on any atom is -0.659 e. The number of benzene rings is 1. The maximum atomic E-state index is 11.3. The normalized spacial score (nSPS) is 14.6. The molecule has 32 heavy (non-hydrogen) atoms. The van der Waals surface area contributed by atoms with Crippen molar-refractivity contribution < 1.29 is 80.3 Å². The Kier molecular flexibility index (Phi) is 15.0. The largest absolute Gasteiger partial charge is 1.00 e. The second-order valence-corrected chi connectivity index (χ2v) is 7.27. The Morgan fingerprint density at radius 1 is 1.19 bits per heavy atom. The molecule has 1 unspecified atom stereocenters. The summed E-state index contributed by atoms with van der Waals surface area (Å²) in [6.07, 6.45) is 8.53. The van der Waals surface area contributed by atoms with Crippen molar-refractivity contribution in [2.24, 2.45) is 0 Å². The first-order valence-electron chi connectivity index (χ1n) is 10.8. The van der Waals surface area contributed by atoms with E-state index in [9.17, 15) is 9.59 Å². The van der Waals surface area contributed by atoms with Crippen LogP contribution in [0.2, 0.25) is 0 Å². The van der Waals surface area contributed by atoms with Gasteiger partial charge < -0.3 is 24.6 Å². The van der Waals surface area contributed by atoms with Crippen molar-refractivity contribution in [1.29, 1.82) is 0 Å².